The Bertz CT molecular complexity index is 839. The van der Waals surface area contributed by atoms with Crippen molar-refractivity contribution in [2.45, 2.75) is 6.92 Å². The van der Waals surface area contributed by atoms with Crippen molar-refractivity contribution < 1.29 is 9.66 Å². The summed E-state index contributed by atoms with van der Waals surface area (Å²) in [6.07, 6.45) is 1.89. The van der Waals surface area contributed by atoms with Crippen LogP contribution in [0, 0.1) is 17.0 Å². The van der Waals surface area contributed by atoms with Crippen LogP contribution in [0.5, 0.6) is 5.75 Å². The van der Waals surface area contributed by atoms with Gasteiger partial charge in [0.05, 0.1) is 17.7 Å². The van der Waals surface area contributed by atoms with E-state index in [9.17, 15) is 10.1 Å². The van der Waals surface area contributed by atoms with Crippen molar-refractivity contribution in [3.8, 4) is 17.0 Å². The molecule has 1 aromatic carbocycles. The van der Waals surface area contributed by atoms with Crippen LogP contribution >= 0.6 is 0 Å². The van der Waals surface area contributed by atoms with Crippen molar-refractivity contribution in [2.24, 2.45) is 0 Å². The standard InChI is InChI=1S/C15H13N3O3/c1-10-14(11-5-3-6-12(9-11)18(19)20)16-15-13(21-2)7-4-8-17(10)15/h3-9H,1-2H3. The second-order valence-corrected chi connectivity index (χ2v) is 4.62. The number of hydrogen-bond donors (Lipinski definition) is 0. The number of nitrogens with zero attached hydrogens (tertiary/aromatic N) is 3. The maximum Gasteiger partial charge on any atom is 0.270 e. The molecule has 6 nitrogen and oxygen atoms in total. The fourth-order valence-corrected chi connectivity index (χ4v) is 2.36. The zero-order valence-corrected chi connectivity index (χ0v) is 11.6. The fourth-order valence-electron chi connectivity index (χ4n) is 2.36. The molecule has 0 radical (unpaired) electrons. The fraction of sp³-hybridized carbons (Fsp3) is 0.133. The van der Waals surface area contributed by atoms with Gasteiger partial charge in [-0.25, -0.2) is 4.98 Å². The Morgan fingerprint density at radius 2 is 2.10 bits per heavy atom. The monoisotopic (exact) mass is 283 g/mol. The SMILES string of the molecule is COc1cccn2c(C)c(-c3cccc([N+](=O)[O-])c3)nc12. The molecule has 0 saturated heterocycles. The molecule has 21 heavy (non-hydrogen) atoms. The average molecular weight is 283 g/mol. The molecule has 0 saturated carbocycles. The minimum Gasteiger partial charge on any atom is -0.493 e. The van der Waals surface area contributed by atoms with E-state index in [4.69, 9.17) is 4.74 Å². The lowest BCUT2D eigenvalue weighted by atomic mass is 10.1. The third-order valence-electron chi connectivity index (χ3n) is 3.40. The number of fused-ring (bicyclic) bond motifs is 1. The van der Waals surface area contributed by atoms with Gasteiger partial charge in [-0.2, -0.15) is 0 Å². The van der Waals surface area contributed by atoms with Gasteiger partial charge in [0.1, 0.15) is 0 Å². The zero-order valence-electron chi connectivity index (χ0n) is 11.6. The summed E-state index contributed by atoms with van der Waals surface area (Å²) in [7, 11) is 1.59. The van der Waals surface area contributed by atoms with Crippen LogP contribution in [0.4, 0.5) is 5.69 Å². The number of nitro groups is 1. The highest BCUT2D eigenvalue weighted by Crippen LogP contribution is 2.29. The molecule has 0 N–H and O–H groups in total. The van der Waals surface area contributed by atoms with Gasteiger partial charge in [0.25, 0.3) is 5.69 Å². The first-order valence-corrected chi connectivity index (χ1v) is 6.38. The molecule has 0 bridgehead atoms. The number of non-ortho nitro benzene ring substituents is 1. The lowest BCUT2D eigenvalue weighted by Gasteiger charge is -2.01. The maximum absolute atomic E-state index is 10.9. The molecule has 0 amide bonds. The van der Waals surface area contributed by atoms with E-state index in [1.807, 2.05) is 35.7 Å². The van der Waals surface area contributed by atoms with Crippen LogP contribution < -0.4 is 4.74 Å². The van der Waals surface area contributed by atoms with E-state index in [0.717, 1.165) is 5.69 Å². The van der Waals surface area contributed by atoms with Crippen molar-refractivity contribution in [1.29, 1.82) is 0 Å². The van der Waals surface area contributed by atoms with Gasteiger partial charge in [0.2, 0.25) is 0 Å². The zero-order chi connectivity index (χ0) is 15.0. The number of benzene rings is 1. The first kappa shape index (κ1) is 13.1. The van der Waals surface area contributed by atoms with Crippen LogP contribution in [0.25, 0.3) is 16.9 Å². The number of pyridine rings is 1. The molecular formula is C15H13N3O3. The van der Waals surface area contributed by atoms with E-state index >= 15 is 0 Å². The van der Waals surface area contributed by atoms with E-state index in [0.29, 0.717) is 22.7 Å². The van der Waals surface area contributed by atoms with E-state index in [2.05, 4.69) is 4.98 Å². The predicted octanol–water partition coefficient (Wildman–Crippen LogP) is 3.23. The topological polar surface area (TPSA) is 69.7 Å². The molecule has 106 valence electrons. The van der Waals surface area contributed by atoms with Crippen LogP contribution in [0.2, 0.25) is 0 Å². The molecule has 3 aromatic rings. The molecule has 0 fully saturated rings. The van der Waals surface area contributed by atoms with Crippen LogP contribution in [0.3, 0.4) is 0 Å². The second-order valence-electron chi connectivity index (χ2n) is 4.62. The number of aromatic nitrogens is 2. The molecule has 0 aliphatic heterocycles. The Hall–Kier alpha value is -2.89. The Balaban J connectivity index is 2.23. The van der Waals surface area contributed by atoms with Crippen molar-refractivity contribution in [3.05, 3.63) is 58.4 Å². The number of methoxy groups -OCH3 is 1. The molecule has 0 aliphatic rings. The number of hydrogen-bond acceptors (Lipinski definition) is 4. The molecule has 0 atom stereocenters. The molecule has 3 rings (SSSR count). The van der Waals surface area contributed by atoms with Crippen molar-refractivity contribution in [2.75, 3.05) is 7.11 Å². The predicted molar refractivity (Wildman–Crippen MR) is 78.6 cm³/mol. The molecule has 0 spiro atoms. The maximum atomic E-state index is 10.9. The van der Waals surface area contributed by atoms with E-state index < -0.39 is 4.92 Å². The third-order valence-corrected chi connectivity index (χ3v) is 3.40. The number of rotatable bonds is 3. The molecule has 6 heteroatoms. The molecule has 2 aromatic heterocycles. The van der Waals surface area contributed by atoms with Gasteiger partial charge >= 0.3 is 0 Å². The van der Waals surface area contributed by atoms with Gasteiger partial charge in [-0.05, 0) is 19.1 Å². The first-order chi connectivity index (χ1) is 10.1. The molecule has 0 aliphatic carbocycles. The van der Waals surface area contributed by atoms with E-state index in [1.54, 1.807) is 13.2 Å². The van der Waals surface area contributed by atoms with Crippen LogP contribution in [-0.2, 0) is 0 Å². The summed E-state index contributed by atoms with van der Waals surface area (Å²) in [5.74, 6) is 0.664. The lowest BCUT2D eigenvalue weighted by molar-refractivity contribution is -0.384. The Morgan fingerprint density at radius 3 is 2.81 bits per heavy atom. The Kier molecular flexibility index (Phi) is 3.06. The van der Waals surface area contributed by atoms with Gasteiger partial charge < -0.3 is 9.14 Å². The smallest absolute Gasteiger partial charge is 0.270 e. The minimum absolute atomic E-state index is 0.0518. The lowest BCUT2D eigenvalue weighted by Crippen LogP contribution is -1.91. The molecular weight excluding hydrogens is 270 g/mol. The summed E-state index contributed by atoms with van der Waals surface area (Å²) in [6.45, 7) is 1.92. The third kappa shape index (κ3) is 2.10. The molecule has 2 heterocycles. The van der Waals surface area contributed by atoms with E-state index in [1.165, 1.54) is 12.1 Å². The average Bonchev–Trinajstić information content (AvgIpc) is 2.85. The van der Waals surface area contributed by atoms with Crippen LogP contribution in [-0.4, -0.2) is 21.4 Å². The number of aryl methyl sites for hydroxylation is 1. The largest absolute Gasteiger partial charge is 0.493 e. The van der Waals surface area contributed by atoms with Crippen LogP contribution in [0.15, 0.2) is 42.6 Å². The number of imidazole rings is 1. The van der Waals surface area contributed by atoms with Gasteiger partial charge in [-0.15, -0.1) is 0 Å². The van der Waals surface area contributed by atoms with E-state index in [-0.39, 0.29) is 5.69 Å². The summed E-state index contributed by atoms with van der Waals surface area (Å²) in [5.41, 5.74) is 3.08. The Morgan fingerprint density at radius 1 is 1.29 bits per heavy atom. The quantitative estimate of drug-likeness (QED) is 0.546. The highest BCUT2D eigenvalue weighted by Gasteiger charge is 2.15. The van der Waals surface area contributed by atoms with Gasteiger partial charge in [-0.3, -0.25) is 10.1 Å². The summed E-state index contributed by atoms with van der Waals surface area (Å²) >= 11 is 0. The van der Waals surface area contributed by atoms with Crippen molar-refractivity contribution in [3.63, 3.8) is 0 Å². The second kappa shape index (κ2) is 4.90. The minimum atomic E-state index is -0.408. The summed E-state index contributed by atoms with van der Waals surface area (Å²) in [6, 6.07) is 10.2. The summed E-state index contributed by atoms with van der Waals surface area (Å²) in [5, 5.41) is 10.9. The Labute approximate surface area is 120 Å². The summed E-state index contributed by atoms with van der Waals surface area (Å²) < 4.78 is 7.21. The normalized spacial score (nSPS) is 10.8. The molecule has 0 unspecified atom stereocenters. The van der Waals surface area contributed by atoms with Crippen molar-refractivity contribution in [1.82, 2.24) is 9.38 Å². The van der Waals surface area contributed by atoms with Gasteiger partial charge in [0, 0.05) is 29.6 Å². The highest BCUT2D eigenvalue weighted by atomic mass is 16.6. The van der Waals surface area contributed by atoms with Crippen LogP contribution in [0.1, 0.15) is 5.69 Å². The van der Waals surface area contributed by atoms with Gasteiger partial charge in [-0.1, -0.05) is 12.1 Å². The van der Waals surface area contributed by atoms with Crippen molar-refractivity contribution >= 4 is 11.3 Å². The number of nitro benzene ring substituents is 1. The number of ether oxygens (including phenoxy) is 1. The van der Waals surface area contributed by atoms with Gasteiger partial charge in [0.15, 0.2) is 11.4 Å². The summed E-state index contributed by atoms with van der Waals surface area (Å²) in [4.78, 5) is 15.1. The highest BCUT2D eigenvalue weighted by molar-refractivity contribution is 5.70. The first-order valence-electron chi connectivity index (χ1n) is 6.38.